The normalized spacial score (nSPS) is 22.3. The molecule has 1 aliphatic heterocycles. The molecule has 0 aromatic carbocycles. The van der Waals surface area contributed by atoms with E-state index in [9.17, 15) is 9.90 Å². The number of aromatic nitrogens is 1. The fourth-order valence-electron chi connectivity index (χ4n) is 2.36. The molecule has 1 atom stereocenters. The van der Waals surface area contributed by atoms with Crippen molar-refractivity contribution in [1.82, 2.24) is 4.57 Å². The van der Waals surface area contributed by atoms with E-state index in [-0.39, 0.29) is 51.4 Å². The van der Waals surface area contributed by atoms with Gasteiger partial charge in [-0.25, -0.2) is 0 Å². The van der Waals surface area contributed by atoms with E-state index in [0.29, 0.717) is 16.9 Å². The van der Waals surface area contributed by atoms with Crippen LogP contribution in [0.3, 0.4) is 0 Å². The van der Waals surface area contributed by atoms with Crippen LogP contribution in [-0.4, -0.2) is 9.67 Å². The van der Waals surface area contributed by atoms with Gasteiger partial charge in [0.2, 0.25) is 0 Å². The molecule has 1 aromatic rings. The molecule has 115 valence electrons. The first-order valence-corrected chi connectivity index (χ1v) is 6.82. The second kappa shape index (κ2) is 6.70. The predicted octanol–water partition coefficient (Wildman–Crippen LogP) is 1.95. The minimum absolute atomic E-state index is 0. The Kier molecular flexibility index (Phi) is 5.84. The van der Waals surface area contributed by atoms with E-state index in [0.717, 1.165) is 0 Å². The number of rotatable bonds is 1. The molecule has 1 radical (unpaired) electrons. The second-order valence-corrected chi connectivity index (χ2v) is 5.89. The molecule has 0 saturated heterocycles. The van der Waals surface area contributed by atoms with Gasteiger partial charge < -0.3 is 19.2 Å². The summed E-state index contributed by atoms with van der Waals surface area (Å²) in [7, 11) is 0. The van der Waals surface area contributed by atoms with Crippen molar-refractivity contribution in [3.63, 3.8) is 0 Å². The van der Waals surface area contributed by atoms with Crippen LogP contribution in [0, 0.1) is 23.5 Å². The van der Waals surface area contributed by atoms with Crippen molar-refractivity contribution in [3.05, 3.63) is 46.1 Å². The number of hydrogen-bond donors (Lipinski definition) is 1. The first-order chi connectivity index (χ1) is 9.73. The van der Waals surface area contributed by atoms with Gasteiger partial charge in [-0.3, -0.25) is 0 Å². The molecule has 2 heterocycles. The minimum atomic E-state index is -1.26. The van der Waals surface area contributed by atoms with Crippen LogP contribution >= 0.6 is 0 Å². The van der Waals surface area contributed by atoms with Gasteiger partial charge >= 0.3 is 0 Å². The Labute approximate surface area is 156 Å². The number of nitrogens with zero attached hydrogens (tertiary/aromatic N) is 1. The van der Waals surface area contributed by atoms with Crippen molar-refractivity contribution < 1.29 is 42.6 Å². The molecule has 0 bridgehead atoms. The molecule has 0 amide bonds. The Balaban J connectivity index is 0.00000242. The van der Waals surface area contributed by atoms with Crippen LogP contribution in [0.25, 0.3) is 0 Å². The van der Waals surface area contributed by atoms with Gasteiger partial charge in [0.25, 0.3) is 0 Å². The van der Waals surface area contributed by atoms with Gasteiger partial charge in [0.15, 0.2) is 0 Å². The van der Waals surface area contributed by atoms with E-state index in [1.54, 1.807) is 19.9 Å². The van der Waals surface area contributed by atoms with Crippen LogP contribution in [-0.2, 0) is 56.2 Å². The van der Waals surface area contributed by atoms with Crippen LogP contribution in [0.15, 0.2) is 23.2 Å². The Morgan fingerprint density at radius 1 is 1.50 bits per heavy atom. The van der Waals surface area contributed by atoms with E-state index in [4.69, 9.17) is 4.74 Å². The van der Waals surface area contributed by atoms with Gasteiger partial charge in [-0.05, 0) is 13.8 Å². The van der Waals surface area contributed by atoms with Crippen molar-refractivity contribution in [1.29, 1.82) is 0 Å². The Bertz CT molecular complexity index is 705. The zero-order valence-electron chi connectivity index (χ0n) is 13.5. The van der Waals surface area contributed by atoms with Crippen molar-refractivity contribution in [2.75, 3.05) is 0 Å². The Morgan fingerprint density at radius 2 is 2.14 bits per heavy atom. The molecule has 0 aliphatic carbocycles. The summed E-state index contributed by atoms with van der Waals surface area (Å²) in [6, 6.07) is 1.65. The summed E-state index contributed by atoms with van der Waals surface area (Å²) in [6.45, 7) is 11.3. The zero-order valence-corrected chi connectivity index (χ0v) is 16.3. The van der Waals surface area contributed by atoms with E-state index in [2.05, 4.69) is 24.6 Å². The summed E-state index contributed by atoms with van der Waals surface area (Å²) in [5.74, 6) is 6.04. The molecular weight excluding hydrogens is 355 g/mol. The van der Waals surface area contributed by atoms with Gasteiger partial charge in [-0.2, -0.15) is 6.07 Å². The fraction of sp³-hybridized carbons (Fsp3) is 0.471. The maximum Gasteiger partial charge on any atom is 0.143 e. The minimum Gasteiger partial charge on any atom is -0.495 e. The largest absolute Gasteiger partial charge is 0.495 e. The number of fused-ring (bicyclic) bond motifs is 1. The smallest absolute Gasteiger partial charge is 0.143 e. The van der Waals surface area contributed by atoms with E-state index < -0.39 is 11.0 Å². The Morgan fingerprint density at radius 3 is 2.73 bits per heavy atom. The fourth-order valence-corrected chi connectivity index (χ4v) is 2.36. The quantitative estimate of drug-likeness (QED) is 0.603. The summed E-state index contributed by atoms with van der Waals surface area (Å²) >= 11 is 0. The first-order valence-electron chi connectivity index (χ1n) is 6.82. The number of hydrogen-bond acceptors (Lipinski definition) is 3. The molecule has 0 spiro atoms. The molecule has 4 nitrogen and oxygen atoms in total. The monoisotopic (exact) mass is 375 g/mol. The third-order valence-corrected chi connectivity index (χ3v) is 4.44. The van der Waals surface area contributed by atoms with Crippen molar-refractivity contribution >= 4 is 0 Å². The molecule has 2 rings (SSSR count). The molecule has 1 aromatic heterocycles. The summed E-state index contributed by atoms with van der Waals surface area (Å²) in [6.07, 6.45) is 2.89. The molecule has 5 heteroatoms. The van der Waals surface area contributed by atoms with Crippen LogP contribution in [0.5, 0.6) is 0 Å². The zero-order chi connectivity index (χ0) is 15.8. The molecular formula is C17H20NO3Y-. The van der Waals surface area contributed by atoms with Crippen LogP contribution in [0.2, 0.25) is 0 Å². The van der Waals surface area contributed by atoms with Crippen molar-refractivity contribution in [2.45, 2.75) is 46.4 Å². The summed E-state index contributed by atoms with van der Waals surface area (Å²) in [4.78, 5) is 12.5. The number of ether oxygens (including phenoxy) is 1. The number of aliphatic hydroxyl groups is 1. The SMILES string of the molecule is C=C1OCc2c(c[c-]n(CC#CC)c2=O)C(C)(O)C1(C)C.[Y]. The van der Waals surface area contributed by atoms with Crippen LogP contribution in [0.4, 0.5) is 0 Å². The first kappa shape index (κ1) is 19.2. The summed E-state index contributed by atoms with van der Waals surface area (Å²) < 4.78 is 7.00. The van der Waals surface area contributed by atoms with E-state index in [1.807, 2.05) is 13.8 Å². The van der Waals surface area contributed by atoms with E-state index >= 15 is 0 Å². The van der Waals surface area contributed by atoms with Gasteiger partial charge in [-0.15, -0.1) is 11.5 Å². The van der Waals surface area contributed by atoms with Crippen molar-refractivity contribution in [2.24, 2.45) is 5.41 Å². The summed E-state index contributed by atoms with van der Waals surface area (Å²) in [5, 5.41) is 11.0. The third-order valence-electron chi connectivity index (χ3n) is 4.44. The molecule has 1 N–H and O–H groups in total. The average Bonchev–Trinajstić information content (AvgIpc) is 2.48. The molecule has 1 aliphatic rings. The predicted molar refractivity (Wildman–Crippen MR) is 80.3 cm³/mol. The van der Waals surface area contributed by atoms with Gasteiger partial charge in [0.1, 0.15) is 5.56 Å². The van der Waals surface area contributed by atoms with Crippen LogP contribution < -0.4 is 5.56 Å². The summed E-state index contributed by atoms with van der Waals surface area (Å²) in [5.41, 5.74) is -1.24. The standard InChI is InChI=1S/C17H20NO3.Y/c1-6-7-9-18-10-8-14-13(15(18)19)11-21-12(2)16(3,4)17(14,5)20;/h8,20H,2,9,11H2,1,3-5H3;/q-1;. The van der Waals surface area contributed by atoms with Crippen LogP contribution in [0.1, 0.15) is 38.8 Å². The molecule has 1 unspecified atom stereocenters. The van der Waals surface area contributed by atoms with Gasteiger partial charge in [-0.1, -0.05) is 38.1 Å². The Hall–Kier alpha value is -0.886. The number of pyridine rings is 1. The van der Waals surface area contributed by atoms with Crippen molar-refractivity contribution in [3.8, 4) is 11.8 Å². The maximum absolute atomic E-state index is 12.5. The second-order valence-electron chi connectivity index (χ2n) is 5.89. The third kappa shape index (κ3) is 2.95. The van der Waals surface area contributed by atoms with E-state index in [1.165, 1.54) is 4.57 Å². The molecule has 22 heavy (non-hydrogen) atoms. The van der Waals surface area contributed by atoms with Gasteiger partial charge in [0.05, 0.1) is 24.5 Å². The molecule has 0 fully saturated rings. The maximum atomic E-state index is 12.5. The average molecular weight is 375 g/mol. The topological polar surface area (TPSA) is 51.5 Å². The molecule has 0 saturated carbocycles. The van der Waals surface area contributed by atoms with Gasteiger partial charge in [0, 0.05) is 38.1 Å².